The highest BCUT2D eigenvalue weighted by molar-refractivity contribution is 6.06. The van der Waals surface area contributed by atoms with Gasteiger partial charge in [0.05, 0.1) is 0 Å². The van der Waals surface area contributed by atoms with Crippen molar-refractivity contribution in [3.63, 3.8) is 0 Å². The van der Waals surface area contributed by atoms with Gasteiger partial charge in [0.1, 0.15) is 16.8 Å². The first-order chi connectivity index (χ1) is 18.2. The van der Waals surface area contributed by atoms with Gasteiger partial charge < -0.3 is 4.42 Å². The zero-order chi connectivity index (χ0) is 25.2. The monoisotopic (exact) mass is 476 g/mol. The van der Waals surface area contributed by atoms with E-state index in [4.69, 9.17) is 14.4 Å². The van der Waals surface area contributed by atoms with Gasteiger partial charge in [-0.3, -0.25) is 0 Å². The zero-order valence-corrected chi connectivity index (χ0v) is 20.3. The molecule has 0 amide bonds. The average molecular weight is 477 g/mol. The Bertz CT molecular complexity index is 1790. The lowest BCUT2D eigenvalue weighted by atomic mass is 9.99. The third kappa shape index (κ3) is 4.17. The molecular weight excluding hydrogens is 452 g/mol. The van der Waals surface area contributed by atoms with Crippen LogP contribution in [0.2, 0.25) is 0 Å². The molecule has 0 radical (unpaired) electrons. The second-order valence-electron chi connectivity index (χ2n) is 8.76. The highest BCUT2D eigenvalue weighted by Gasteiger charge is 2.18. The molecule has 0 aliphatic carbocycles. The van der Waals surface area contributed by atoms with Gasteiger partial charge in [0, 0.05) is 16.5 Å². The van der Waals surface area contributed by atoms with Gasteiger partial charge in [-0.05, 0) is 40.5 Å². The minimum Gasteiger partial charge on any atom is -0.452 e. The van der Waals surface area contributed by atoms with E-state index in [2.05, 4.69) is 73.8 Å². The Balaban J connectivity index is 1.48. The molecule has 4 aromatic carbocycles. The molecule has 0 unspecified atom stereocenters. The highest BCUT2D eigenvalue weighted by atomic mass is 16.3. The van der Waals surface area contributed by atoms with Gasteiger partial charge in [-0.15, -0.1) is 0 Å². The molecule has 0 bridgehead atoms. The van der Waals surface area contributed by atoms with E-state index in [9.17, 15) is 0 Å². The van der Waals surface area contributed by atoms with Crippen LogP contribution in [0.1, 0.15) is 5.69 Å². The molecule has 6 aromatic rings. The fourth-order valence-corrected chi connectivity index (χ4v) is 4.61. The van der Waals surface area contributed by atoms with Gasteiger partial charge in [-0.1, -0.05) is 116 Å². The SMILES string of the molecule is C=C/C=C(\C=C)c1nc(-c2cccc(-c3ccc(-c4ccccc4)cc3)c2)nc2c1oc1ccccc12. The number of para-hydroxylation sites is 1. The Labute approximate surface area is 215 Å². The summed E-state index contributed by atoms with van der Waals surface area (Å²) in [6.45, 7) is 7.83. The molecule has 6 rings (SSSR count). The van der Waals surface area contributed by atoms with E-state index in [-0.39, 0.29) is 0 Å². The fourth-order valence-electron chi connectivity index (χ4n) is 4.61. The number of hydrogen-bond donors (Lipinski definition) is 0. The number of benzene rings is 4. The summed E-state index contributed by atoms with van der Waals surface area (Å²) in [4.78, 5) is 9.92. The largest absolute Gasteiger partial charge is 0.452 e. The maximum Gasteiger partial charge on any atom is 0.180 e. The number of fused-ring (bicyclic) bond motifs is 3. The Morgan fingerprint density at radius 1 is 0.649 bits per heavy atom. The van der Waals surface area contributed by atoms with Crippen molar-refractivity contribution in [1.29, 1.82) is 0 Å². The molecule has 3 nitrogen and oxygen atoms in total. The summed E-state index contributed by atoms with van der Waals surface area (Å²) in [5.41, 5.74) is 9.29. The molecule has 0 spiro atoms. The van der Waals surface area contributed by atoms with Crippen molar-refractivity contribution in [3.05, 3.63) is 140 Å². The standard InChI is InChI=1S/C34H24N2O/c1-3-11-23(4-2)31-33-32(29-16-8-9-17-30(29)37-33)36-34(35-31)28-15-10-14-27(22-28)26-20-18-25(19-21-26)24-12-6-5-7-13-24/h3-22H,1-2H2/b23-11+. The number of nitrogens with zero attached hydrogens (tertiary/aromatic N) is 2. The topological polar surface area (TPSA) is 38.9 Å². The predicted molar refractivity (Wildman–Crippen MR) is 154 cm³/mol. The number of hydrogen-bond acceptors (Lipinski definition) is 3. The maximum absolute atomic E-state index is 6.20. The van der Waals surface area contributed by atoms with Crippen LogP contribution in [0.15, 0.2) is 139 Å². The summed E-state index contributed by atoms with van der Waals surface area (Å²) in [6, 6.07) is 35.3. The third-order valence-corrected chi connectivity index (χ3v) is 6.46. The lowest BCUT2D eigenvalue weighted by Crippen LogP contribution is -1.96. The quantitative estimate of drug-likeness (QED) is 0.225. The molecule has 0 atom stereocenters. The molecule has 0 fully saturated rings. The van der Waals surface area contributed by atoms with Crippen molar-refractivity contribution >= 4 is 27.6 Å². The Morgan fingerprint density at radius 2 is 1.30 bits per heavy atom. The van der Waals surface area contributed by atoms with Gasteiger partial charge in [0.2, 0.25) is 0 Å². The smallest absolute Gasteiger partial charge is 0.180 e. The van der Waals surface area contributed by atoms with Crippen LogP contribution in [-0.2, 0) is 0 Å². The molecule has 0 N–H and O–H groups in total. The van der Waals surface area contributed by atoms with Crippen LogP contribution in [0.5, 0.6) is 0 Å². The summed E-state index contributed by atoms with van der Waals surface area (Å²) in [5, 5.41) is 0.956. The van der Waals surface area contributed by atoms with Crippen LogP contribution in [0, 0.1) is 0 Å². The zero-order valence-electron chi connectivity index (χ0n) is 20.3. The number of allylic oxidation sites excluding steroid dienone is 4. The number of rotatable bonds is 6. The molecule has 176 valence electrons. The van der Waals surface area contributed by atoms with Crippen molar-refractivity contribution in [2.24, 2.45) is 0 Å². The third-order valence-electron chi connectivity index (χ3n) is 6.46. The van der Waals surface area contributed by atoms with Gasteiger partial charge in [0.25, 0.3) is 0 Å². The second-order valence-corrected chi connectivity index (χ2v) is 8.76. The van der Waals surface area contributed by atoms with Gasteiger partial charge in [-0.2, -0.15) is 0 Å². The van der Waals surface area contributed by atoms with E-state index < -0.39 is 0 Å². The average Bonchev–Trinajstić information content (AvgIpc) is 3.35. The van der Waals surface area contributed by atoms with Gasteiger partial charge >= 0.3 is 0 Å². The van der Waals surface area contributed by atoms with Crippen LogP contribution in [0.4, 0.5) is 0 Å². The molecule has 2 aromatic heterocycles. The number of aromatic nitrogens is 2. The van der Waals surface area contributed by atoms with Crippen molar-refractivity contribution < 1.29 is 4.42 Å². The maximum atomic E-state index is 6.20. The first-order valence-electron chi connectivity index (χ1n) is 12.2. The van der Waals surface area contributed by atoms with E-state index in [1.165, 1.54) is 11.1 Å². The molecule has 0 saturated carbocycles. The van der Waals surface area contributed by atoms with E-state index in [1.54, 1.807) is 12.2 Å². The summed E-state index contributed by atoms with van der Waals surface area (Å²) in [6.07, 6.45) is 5.38. The molecule has 0 aliphatic rings. The lowest BCUT2D eigenvalue weighted by Gasteiger charge is -2.09. The van der Waals surface area contributed by atoms with Crippen molar-refractivity contribution in [2.45, 2.75) is 0 Å². The van der Waals surface area contributed by atoms with Crippen LogP contribution in [0.3, 0.4) is 0 Å². The fraction of sp³-hybridized carbons (Fsp3) is 0. The minimum atomic E-state index is 0.633. The second kappa shape index (κ2) is 9.56. The predicted octanol–water partition coefficient (Wildman–Crippen LogP) is 9.13. The first kappa shape index (κ1) is 22.4. The lowest BCUT2D eigenvalue weighted by molar-refractivity contribution is 0.664. The van der Waals surface area contributed by atoms with Crippen molar-refractivity contribution in [2.75, 3.05) is 0 Å². The van der Waals surface area contributed by atoms with Crippen molar-refractivity contribution in [3.8, 4) is 33.6 Å². The molecule has 0 saturated heterocycles. The van der Waals surface area contributed by atoms with E-state index in [0.717, 1.165) is 38.7 Å². The normalized spacial score (nSPS) is 11.6. The van der Waals surface area contributed by atoms with Crippen molar-refractivity contribution in [1.82, 2.24) is 9.97 Å². The molecule has 37 heavy (non-hydrogen) atoms. The molecule has 3 heteroatoms. The highest BCUT2D eigenvalue weighted by Crippen LogP contribution is 2.35. The molecular formula is C34H24N2O. The van der Waals surface area contributed by atoms with E-state index >= 15 is 0 Å². The number of furan rings is 1. The Kier molecular flexibility index (Phi) is 5.80. The molecule has 2 heterocycles. The molecule has 0 aliphatic heterocycles. The summed E-state index contributed by atoms with van der Waals surface area (Å²) < 4.78 is 6.20. The van der Waals surface area contributed by atoms with E-state index in [0.29, 0.717) is 17.1 Å². The van der Waals surface area contributed by atoms with Gasteiger partial charge in [-0.25, -0.2) is 9.97 Å². The summed E-state index contributed by atoms with van der Waals surface area (Å²) in [5.74, 6) is 0.633. The van der Waals surface area contributed by atoms with Crippen LogP contribution in [0.25, 0.3) is 61.3 Å². The van der Waals surface area contributed by atoms with Crippen LogP contribution >= 0.6 is 0 Å². The Morgan fingerprint density at radius 3 is 2.05 bits per heavy atom. The van der Waals surface area contributed by atoms with Crippen LogP contribution in [-0.4, -0.2) is 9.97 Å². The minimum absolute atomic E-state index is 0.633. The van der Waals surface area contributed by atoms with E-state index in [1.807, 2.05) is 48.5 Å². The summed E-state index contributed by atoms with van der Waals surface area (Å²) in [7, 11) is 0. The van der Waals surface area contributed by atoms with Crippen LogP contribution < -0.4 is 0 Å². The Hall–Kier alpha value is -5.02. The first-order valence-corrected chi connectivity index (χ1v) is 12.2. The summed E-state index contributed by atoms with van der Waals surface area (Å²) >= 11 is 0. The van der Waals surface area contributed by atoms with Gasteiger partial charge in [0.15, 0.2) is 11.4 Å².